The highest BCUT2D eigenvalue weighted by atomic mass is 19.4. The van der Waals surface area contributed by atoms with E-state index in [-0.39, 0.29) is 59.5 Å². The molecule has 3 heterocycles. The average Bonchev–Trinajstić information content (AvgIpc) is 2.90. The van der Waals surface area contributed by atoms with E-state index in [1.54, 1.807) is 0 Å². The molecule has 1 saturated heterocycles. The first-order valence-electron chi connectivity index (χ1n) is 10.4. The molecule has 1 aromatic carbocycles. The van der Waals surface area contributed by atoms with Gasteiger partial charge in [0.1, 0.15) is 17.3 Å². The van der Waals surface area contributed by atoms with E-state index < -0.39 is 35.5 Å². The first-order valence-corrected chi connectivity index (χ1v) is 10.4. The highest BCUT2D eigenvalue weighted by Crippen LogP contribution is 2.39. The highest BCUT2D eigenvalue weighted by Gasteiger charge is 2.38. The van der Waals surface area contributed by atoms with Crippen LogP contribution >= 0.6 is 0 Å². The van der Waals surface area contributed by atoms with Gasteiger partial charge in [0.05, 0.1) is 5.69 Å². The zero-order valence-electron chi connectivity index (χ0n) is 17.9. The number of hydrogen-bond donors (Lipinski definition) is 1. The first-order chi connectivity index (χ1) is 15.4. The number of benzene rings is 1. The molecule has 0 bridgehead atoms. The van der Waals surface area contributed by atoms with E-state index in [9.17, 15) is 31.1 Å². The number of anilines is 1. The molecule has 0 spiro atoms. The van der Waals surface area contributed by atoms with Gasteiger partial charge in [-0.2, -0.15) is 13.2 Å². The molecule has 3 aromatic rings. The molecule has 2 aromatic heterocycles. The molecule has 0 amide bonds. The SMILES string of the molecule is Cc1cc(-c2[nH]c3ccc(F)cc3c(=O)c2C)c(N2CCCC(F)(F)CC2)nc1C(F)(F)F. The molecule has 4 nitrogen and oxygen atoms in total. The van der Waals surface area contributed by atoms with Crippen LogP contribution in [-0.4, -0.2) is 29.0 Å². The molecule has 1 fully saturated rings. The number of rotatable bonds is 2. The molecule has 176 valence electrons. The van der Waals surface area contributed by atoms with Crippen LogP contribution in [-0.2, 0) is 6.18 Å². The quantitative estimate of drug-likeness (QED) is 0.469. The van der Waals surface area contributed by atoms with E-state index >= 15 is 0 Å². The number of fused-ring (bicyclic) bond motifs is 1. The van der Waals surface area contributed by atoms with Gasteiger partial charge in [0.15, 0.2) is 5.43 Å². The second-order valence-electron chi connectivity index (χ2n) is 8.36. The maximum absolute atomic E-state index is 13.9. The van der Waals surface area contributed by atoms with Gasteiger partial charge in [0.2, 0.25) is 5.92 Å². The van der Waals surface area contributed by atoms with Crippen LogP contribution < -0.4 is 10.3 Å². The molecule has 10 heteroatoms. The predicted octanol–water partition coefficient (Wildman–Crippen LogP) is 5.99. The van der Waals surface area contributed by atoms with Crippen LogP contribution in [0, 0.1) is 19.7 Å². The number of pyridine rings is 2. The van der Waals surface area contributed by atoms with Crippen LogP contribution in [0.5, 0.6) is 0 Å². The van der Waals surface area contributed by atoms with Gasteiger partial charge in [0.25, 0.3) is 0 Å². The fourth-order valence-corrected chi connectivity index (χ4v) is 4.22. The van der Waals surface area contributed by atoms with Gasteiger partial charge in [-0.1, -0.05) is 0 Å². The van der Waals surface area contributed by atoms with Crippen LogP contribution in [0.2, 0.25) is 0 Å². The van der Waals surface area contributed by atoms with Crippen molar-refractivity contribution in [1.29, 1.82) is 0 Å². The Morgan fingerprint density at radius 1 is 1.09 bits per heavy atom. The number of halogens is 6. The summed E-state index contributed by atoms with van der Waals surface area (Å²) in [5.41, 5.74) is -0.880. The van der Waals surface area contributed by atoms with Crippen molar-refractivity contribution in [2.24, 2.45) is 0 Å². The minimum Gasteiger partial charge on any atom is -0.356 e. The Balaban J connectivity index is 1.97. The Morgan fingerprint density at radius 2 is 1.82 bits per heavy atom. The number of H-pyrrole nitrogens is 1. The predicted molar refractivity (Wildman–Crippen MR) is 113 cm³/mol. The van der Waals surface area contributed by atoms with Gasteiger partial charge in [-0.15, -0.1) is 0 Å². The van der Waals surface area contributed by atoms with Crippen LogP contribution in [0.3, 0.4) is 0 Å². The maximum atomic E-state index is 13.9. The lowest BCUT2D eigenvalue weighted by Gasteiger charge is -2.26. The molecule has 0 unspecified atom stereocenters. The molecule has 33 heavy (non-hydrogen) atoms. The van der Waals surface area contributed by atoms with Crippen molar-refractivity contribution in [2.45, 2.75) is 45.2 Å². The monoisotopic (exact) mass is 469 g/mol. The lowest BCUT2D eigenvalue weighted by Crippen LogP contribution is -2.28. The van der Waals surface area contributed by atoms with Crippen molar-refractivity contribution in [1.82, 2.24) is 9.97 Å². The van der Waals surface area contributed by atoms with Crippen molar-refractivity contribution >= 4 is 16.7 Å². The summed E-state index contributed by atoms with van der Waals surface area (Å²) in [4.78, 5) is 21.2. The zero-order chi connectivity index (χ0) is 24.1. The third-order valence-electron chi connectivity index (χ3n) is 5.95. The molecule has 0 aliphatic carbocycles. The number of aromatic nitrogens is 2. The highest BCUT2D eigenvalue weighted by molar-refractivity contribution is 5.86. The van der Waals surface area contributed by atoms with Crippen LogP contribution in [0.25, 0.3) is 22.2 Å². The Labute approximate surface area is 185 Å². The maximum Gasteiger partial charge on any atom is 0.433 e. The van der Waals surface area contributed by atoms with E-state index in [2.05, 4.69) is 9.97 Å². The molecule has 4 rings (SSSR count). The number of hydrogen-bond acceptors (Lipinski definition) is 3. The number of nitrogens with zero attached hydrogens (tertiary/aromatic N) is 2. The third-order valence-corrected chi connectivity index (χ3v) is 5.95. The van der Waals surface area contributed by atoms with Gasteiger partial charge in [0, 0.05) is 48.0 Å². The first kappa shape index (κ1) is 23.1. The minimum atomic E-state index is -4.74. The summed E-state index contributed by atoms with van der Waals surface area (Å²) in [7, 11) is 0. The third kappa shape index (κ3) is 4.43. The largest absolute Gasteiger partial charge is 0.433 e. The summed E-state index contributed by atoms with van der Waals surface area (Å²) >= 11 is 0. The number of aromatic amines is 1. The standard InChI is InChI=1S/C23H21F6N3O/c1-12-10-16(18-13(2)19(33)15-11-14(24)4-5-17(15)30-18)21(31-20(12)23(27,28)29)32-8-3-6-22(25,26)7-9-32/h4-5,10-11H,3,6-9H2,1-2H3,(H,30,33). The molecular formula is C23H21F6N3O. The van der Waals surface area contributed by atoms with Gasteiger partial charge >= 0.3 is 6.18 Å². The van der Waals surface area contributed by atoms with Gasteiger partial charge in [-0.05, 0) is 50.1 Å². The summed E-state index contributed by atoms with van der Waals surface area (Å²) in [5.74, 6) is -3.63. The smallest absolute Gasteiger partial charge is 0.356 e. The van der Waals surface area contributed by atoms with E-state index in [4.69, 9.17) is 0 Å². The van der Waals surface area contributed by atoms with Crippen molar-refractivity contribution in [3.63, 3.8) is 0 Å². The Hall–Kier alpha value is -3.04. The zero-order valence-corrected chi connectivity index (χ0v) is 17.9. The molecule has 0 atom stereocenters. The van der Waals surface area contributed by atoms with Crippen LogP contribution in [0.15, 0.2) is 29.1 Å². The second-order valence-corrected chi connectivity index (χ2v) is 8.36. The number of alkyl halides is 5. The fourth-order valence-electron chi connectivity index (χ4n) is 4.22. The molecule has 0 saturated carbocycles. The lowest BCUT2D eigenvalue weighted by molar-refractivity contribution is -0.141. The summed E-state index contributed by atoms with van der Waals surface area (Å²) in [6.45, 7) is 2.64. The summed E-state index contributed by atoms with van der Waals surface area (Å²) in [6.07, 6.45) is -5.55. The van der Waals surface area contributed by atoms with Gasteiger partial charge < -0.3 is 9.88 Å². The van der Waals surface area contributed by atoms with E-state index in [1.165, 1.54) is 30.9 Å². The topological polar surface area (TPSA) is 49.0 Å². The molecular weight excluding hydrogens is 448 g/mol. The van der Waals surface area contributed by atoms with Crippen molar-refractivity contribution in [3.8, 4) is 11.3 Å². The lowest BCUT2D eigenvalue weighted by atomic mass is 10.0. The van der Waals surface area contributed by atoms with E-state index in [0.29, 0.717) is 5.52 Å². The molecule has 1 N–H and O–H groups in total. The Kier molecular flexibility index (Phi) is 5.66. The average molecular weight is 469 g/mol. The van der Waals surface area contributed by atoms with Gasteiger partial charge in [-0.25, -0.2) is 18.2 Å². The second kappa shape index (κ2) is 8.07. The van der Waals surface area contributed by atoms with Crippen LogP contribution in [0.4, 0.5) is 32.2 Å². The summed E-state index contributed by atoms with van der Waals surface area (Å²) < 4.78 is 82.4. The van der Waals surface area contributed by atoms with E-state index in [0.717, 1.165) is 12.1 Å². The van der Waals surface area contributed by atoms with Crippen molar-refractivity contribution in [3.05, 3.63) is 57.1 Å². The molecule has 1 aliphatic heterocycles. The molecule has 0 radical (unpaired) electrons. The summed E-state index contributed by atoms with van der Waals surface area (Å²) in [6, 6.07) is 4.87. The number of nitrogens with one attached hydrogen (secondary N) is 1. The Morgan fingerprint density at radius 3 is 2.52 bits per heavy atom. The normalized spacial score (nSPS) is 16.8. The molecule has 1 aliphatic rings. The van der Waals surface area contributed by atoms with Crippen LogP contribution in [0.1, 0.15) is 36.1 Å². The van der Waals surface area contributed by atoms with E-state index in [1.807, 2.05) is 0 Å². The summed E-state index contributed by atoms with van der Waals surface area (Å²) in [5, 5.41) is 0.101. The minimum absolute atomic E-state index is 0.0792. The van der Waals surface area contributed by atoms with Gasteiger partial charge in [-0.3, -0.25) is 4.79 Å². The number of aryl methyl sites for hydroxylation is 1. The van der Waals surface area contributed by atoms with Crippen molar-refractivity contribution in [2.75, 3.05) is 18.0 Å². The van der Waals surface area contributed by atoms with Crippen molar-refractivity contribution < 1.29 is 26.3 Å². The fraction of sp³-hybridized carbons (Fsp3) is 0.391. The Bertz CT molecular complexity index is 1280.